The number of aromatic nitrogens is 3. The molecule has 0 saturated carbocycles. The maximum absolute atomic E-state index is 12.6. The SMILES string of the molecule is COc1cc2c(cc1SNC(=O)c1ccc(Cn3cccn3)c(OC)n1)CCC2. The van der Waals surface area contributed by atoms with E-state index in [0.717, 1.165) is 35.5 Å². The van der Waals surface area contributed by atoms with Crippen LogP contribution in [0.4, 0.5) is 0 Å². The lowest BCUT2D eigenvalue weighted by molar-refractivity contribution is 0.0978. The molecule has 0 radical (unpaired) electrons. The lowest BCUT2D eigenvalue weighted by atomic mass is 10.1. The van der Waals surface area contributed by atoms with Crippen LogP contribution in [0.2, 0.25) is 0 Å². The van der Waals surface area contributed by atoms with Crippen LogP contribution in [0.25, 0.3) is 0 Å². The first-order valence-corrected chi connectivity index (χ1v) is 10.2. The molecule has 0 spiro atoms. The fraction of sp³-hybridized carbons (Fsp3) is 0.286. The van der Waals surface area contributed by atoms with E-state index in [0.29, 0.717) is 18.1 Å². The molecule has 1 aliphatic rings. The molecule has 1 amide bonds. The maximum Gasteiger partial charge on any atom is 0.280 e. The number of nitrogens with zero attached hydrogens (tertiary/aromatic N) is 3. The van der Waals surface area contributed by atoms with Crippen LogP contribution in [0.15, 0.2) is 47.6 Å². The van der Waals surface area contributed by atoms with Crippen molar-refractivity contribution < 1.29 is 14.3 Å². The van der Waals surface area contributed by atoms with E-state index in [1.54, 1.807) is 31.2 Å². The Balaban J connectivity index is 1.47. The molecule has 2 aromatic heterocycles. The highest BCUT2D eigenvalue weighted by Crippen LogP contribution is 2.34. The summed E-state index contributed by atoms with van der Waals surface area (Å²) in [4.78, 5) is 17.9. The summed E-state index contributed by atoms with van der Waals surface area (Å²) in [5, 5.41) is 4.19. The molecule has 7 nitrogen and oxygen atoms in total. The molecule has 3 aromatic rings. The topological polar surface area (TPSA) is 78.3 Å². The third-order valence-electron chi connectivity index (χ3n) is 4.89. The molecule has 0 unspecified atom stereocenters. The van der Waals surface area contributed by atoms with E-state index < -0.39 is 0 Å². The van der Waals surface area contributed by atoms with Gasteiger partial charge >= 0.3 is 0 Å². The summed E-state index contributed by atoms with van der Waals surface area (Å²) in [5.74, 6) is 0.894. The number of methoxy groups -OCH3 is 2. The Hall–Kier alpha value is -3.00. The van der Waals surface area contributed by atoms with Crippen LogP contribution < -0.4 is 14.2 Å². The van der Waals surface area contributed by atoms with Crippen LogP contribution in [0.3, 0.4) is 0 Å². The third-order valence-corrected chi connectivity index (χ3v) is 5.71. The van der Waals surface area contributed by atoms with Crippen LogP contribution in [-0.4, -0.2) is 34.9 Å². The van der Waals surface area contributed by atoms with Gasteiger partial charge in [0, 0.05) is 18.0 Å². The molecule has 0 bridgehead atoms. The van der Waals surface area contributed by atoms with Gasteiger partial charge in [-0.15, -0.1) is 0 Å². The third kappa shape index (κ3) is 4.22. The predicted molar refractivity (Wildman–Crippen MR) is 110 cm³/mol. The summed E-state index contributed by atoms with van der Waals surface area (Å²) in [6.07, 6.45) is 6.88. The zero-order chi connectivity index (χ0) is 20.2. The average Bonchev–Trinajstić information content (AvgIpc) is 3.42. The van der Waals surface area contributed by atoms with E-state index in [4.69, 9.17) is 9.47 Å². The van der Waals surface area contributed by atoms with Crippen molar-refractivity contribution in [1.29, 1.82) is 0 Å². The maximum atomic E-state index is 12.6. The number of pyridine rings is 1. The summed E-state index contributed by atoms with van der Waals surface area (Å²) in [5.41, 5.74) is 3.79. The number of benzene rings is 1. The normalized spacial score (nSPS) is 12.5. The van der Waals surface area contributed by atoms with E-state index >= 15 is 0 Å². The molecule has 29 heavy (non-hydrogen) atoms. The minimum Gasteiger partial charge on any atom is -0.496 e. The average molecular weight is 410 g/mol. The first-order valence-electron chi connectivity index (χ1n) is 9.36. The molecule has 4 rings (SSSR count). The van der Waals surface area contributed by atoms with Gasteiger partial charge in [-0.1, -0.05) is 0 Å². The number of carbonyl (C=O) groups is 1. The molecule has 150 valence electrons. The number of amides is 1. The van der Waals surface area contributed by atoms with Crippen molar-refractivity contribution in [3.8, 4) is 11.6 Å². The van der Waals surface area contributed by atoms with E-state index in [1.165, 1.54) is 23.1 Å². The fourth-order valence-corrected chi connectivity index (χ4v) is 4.18. The number of hydrogen-bond acceptors (Lipinski definition) is 6. The van der Waals surface area contributed by atoms with Gasteiger partial charge in [0.15, 0.2) is 0 Å². The molecule has 0 fully saturated rings. The van der Waals surface area contributed by atoms with Crippen molar-refractivity contribution in [3.05, 3.63) is 65.1 Å². The summed E-state index contributed by atoms with van der Waals surface area (Å²) in [7, 11) is 3.19. The molecule has 1 aromatic carbocycles. The fourth-order valence-electron chi connectivity index (χ4n) is 3.43. The molecule has 0 atom stereocenters. The first-order chi connectivity index (χ1) is 14.2. The van der Waals surface area contributed by atoms with Gasteiger partial charge in [0.25, 0.3) is 5.91 Å². The predicted octanol–water partition coefficient (Wildman–Crippen LogP) is 3.27. The van der Waals surface area contributed by atoms with Gasteiger partial charge in [-0.3, -0.25) is 14.2 Å². The number of nitrogens with one attached hydrogen (secondary N) is 1. The number of fused-ring (bicyclic) bond motifs is 1. The van der Waals surface area contributed by atoms with Gasteiger partial charge < -0.3 is 9.47 Å². The second kappa shape index (κ2) is 8.57. The number of carbonyl (C=O) groups excluding carboxylic acids is 1. The molecule has 1 aliphatic carbocycles. The van der Waals surface area contributed by atoms with Crippen molar-refractivity contribution in [2.24, 2.45) is 0 Å². The largest absolute Gasteiger partial charge is 0.496 e. The summed E-state index contributed by atoms with van der Waals surface area (Å²) < 4.78 is 15.5. The van der Waals surface area contributed by atoms with Gasteiger partial charge in [0.2, 0.25) is 5.88 Å². The minimum atomic E-state index is -0.290. The van der Waals surface area contributed by atoms with E-state index in [1.807, 2.05) is 18.3 Å². The van der Waals surface area contributed by atoms with Crippen molar-refractivity contribution >= 4 is 17.9 Å². The van der Waals surface area contributed by atoms with Crippen LogP contribution in [-0.2, 0) is 19.4 Å². The lowest BCUT2D eigenvalue weighted by Gasteiger charge is -2.12. The molecular formula is C21H22N4O3S. The number of hydrogen-bond donors (Lipinski definition) is 1. The van der Waals surface area contributed by atoms with Crippen molar-refractivity contribution in [2.75, 3.05) is 14.2 Å². The second-order valence-corrected chi connectivity index (χ2v) is 7.58. The molecular weight excluding hydrogens is 388 g/mol. The zero-order valence-electron chi connectivity index (χ0n) is 16.3. The van der Waals surface area contributed by atoms with Crippen molar-refractivity contribution in [3.63, 3.8) is 0 Å². The highest BCUT2D eigenvalue weighted by atomic mass is 32.2. The van der Waals surface area contributed by atoms with Crippen molar-refractivity contribution in [2.45, 2.75) is 30.7 Å². The van der Waals surface area contributed by atoms with Crippen LogP contribution in [0.5, 0.6) is 11.6 Å². The summed E-state index contributed by atoms with van der Waals surface area (Å²) >= 11 is 1.24. The van der Waals surface area contributed by atoms with E-state index in [2.05, 4.69) is 26.9 Å². The van der Waals surface area contributed by atoms with Crippen LogP contribution in [0, 0.1) is 0 Å². The smallest absolute Gasteiger partial charge is 0.280 e. The van der Waals surface area contributed by atoms with Gasteiger partial charge in [-0.25, -0.2) is 4.98 Å². The second-order valence-electron chi connectivity index (χ2n) is 6.73. The molecule has 2 heterocycles. The van der Waals surface area contributed by atoms with E-state index in [9.17, 15) is 4.79 Å². The number of rotatable bonds is 7. The molecule has 8 heteroatoms. The van der Waals surface area contributed by atoms with Gasteiger partial charge in [0.05, 0.1) is 25.7 Å². The minimum absolute atomic E-state index is 0.290. The van der Waals surface area contributed by atoms with Gasteiger partial charge in [-0.05, 0) is 72.7 Å². The molecule has 1 N–H and O–H groups in total. The summed E-state index contributed by atoms with van der Waals surface area (Å²) in [6, 6.07) is 9.56. The Bertz CT molecular complexity index is 1020. The zero-order valence-corrected chi connectivity index (χ0v) is 17.2. The van der Waals surface area contributed by atoms with E-state index in [-0.39, 0.29) is 5.91 Å². The Kier molecular flexibility index (Phi) is 5.71. The van der Waals surface area contributed by atoms with Gasteiger partial charge in [-0.2, -0.15) is 5.10 Å². The lowest BCUT2D eigenvalue weighted by Crippen LogP contribution is -2.18. The highest BCUT2D eigenvalue weighted by Gasteiger charge is 2.18. The summed E-state index contributed by atoms with van der Waals surface area (Å²) in [6.45, 7) is 0.520. The Labute approximate surface area is 173 Å². The Morgan fingerprint density at radius 2 is 2.03 bits per heavy atom. The monoisotopic (exact) mass is 410 g/mol. The van der Waals surface area contributed by atoms with Gasteiger partial charge in [0.1, 0.15) is 11.4 Å². The molecule has 0 aliphatic heterocycles. The standard InChI is InChI=1S/C21H22N4O3S/c1-27-18-11-14-5-3-6-15(14)12-19(18)29-24-20(26)17-8-7-16(21(23-17)28-2)13-25-10-4-9-22-25/h4,7-12H,3,5-6,13H2,1-2H3,(H,24,26). The number of ether oxygens (including phenoxy) is 2. The molecule has 0 saturated heterocycles. The van der Waals surface area contributed by atoms with Crippen molar-refractivity contribution in [1.82, 2.24) is 19.5 Å². The van der Waals surface area contributed by atoms with Crippen LogP contribution in [0.1, 0.15) is 33.6 Å². The van der Waals surface area contributed by atoms with Crippen LogP contribution >= 0.6 is 11.9 Å². The Morgan fingerprint density at radius 1 is 1.21 bits per heavy atom. The number of aryl methyl sites for hydroxylation is 2. The highest BCUT2D eigenvalue weighted by molar-refractivity contribution is 7.98. The first kappa shape index (κ1) is 19.3. The quantitative estimate of drug-likeness (QED) is 0.603. The Morgan fingerprint density at radius 3 is 2.76 bits per heavy atom.